The van der Waals surface area contributed by atoms with Crippen LogP contribution in [0.4, 0.5) is 4.79 Å². The van der Waals surface area contributed by atoms with E-state index in [0.29, 0.717) is 0 Å². The van der Waals surface area contributed by atoms with Gasteiger partial charge in [0.25, 0.3) is 0 Å². The highest BCUT2D eigenvalue weighted by molar-refractivity contribution is 5.96. The summed E-state index contributed by atoms with van der Waals surface area (Å²) < 4.78 is 4.52. The summed E-state index contributed by atoms with van der Waals surface area (Å²) in [6.07, 6.45) is -0.670. The second-order valence-corrected chi connectivity index (χ2v) is 1.93. The lowest BCUT2D eigenvalue weighted by Gasteiger charge is -2.19. The van der Waals surface area contributed by atoms with Crippen molar-refractivity contribution >= 4 is 12.0 Å². The molecule has 1 unspecified atom stereocenters. The fourth-order valence-corrected chi connectivity index (χ4v) is 0.673. The predicted molar refractivity (Wildman–Crippen MR) is 32.3 cm³/mol. The van der Waals surface area contributed by atoms with Gasteiger partial charge in [-0.2, -0.15) is 0 Å². The Morgan fingerprint density at radius 1 is 1.70 bits per heavy atom. The molecule has 1 saturated heterocycles. The van der Waals surface area contributed by atoms with E-state index >= 15 is 0 Å². The average Bonchev–Trinajstić information content (AvgIpc) is 1.88. The highest BCUT2D eigenvalue weighted by Crippen LogP contribution is 1.93. The molecule has 0 saturated carbocycles. The summed E-state index contributed by atoms with van der Waals surface area (Å²) in [6, 6.07) is -0.405. The van der Waals surface area contributed by atoms with Gasteiger partial charge in [0, 0.05) is 0 Å². The predicted octanol–water partition coefficient (Wildman–Crippen LogP) is -1.16. The molecule has 2 amide bonds. The maximum absolute atomic E-state index is 10.8. The molecule has 10 heavy (non-hydrogen) atoms. The molecule has 1 rings (SSSR count). The molecule has 1 aliphatic heterocycles. The number of rotatable bonds is 1. The van der Waals surface area contributed by atoms with E-state index in [4.69, 9.17) is 0 Å². The van der Waals surface area contributed by atoms with Crippen LogP contribution in [0.15, 0.2) is 0 Å². The molecule has 0 bridgehead atoms. The first-order chi connectivity index (χ1) is 4.74. The third-order valence-electron chi connectivity index (χ3n) is 1.27. The van der Waals surface area contributed by atoms with E-state index in [0.717, 1.165) is 0 Å². The SMILES string of the molecule is CNC1COC(=O)NC1=O. The summed E-state index contributed by atoms with van der Waals surface area (Å²) in [5.41, 5.74) is 0. The Labute approximate surface area is 57.7 Å². The summed E-state index contributed by atoms with van der Waals surface area (Å²) in [7, 11) is 1.63. The van der Waals surface area contributed by atoms with Crippen LogP contribution >= 0.6 is 0 Å². The number of alkyl carbamates (subject to hydrolysis) is 1. The molecule has 0 spiro atoms. The van der Waals surface area contributed by atoms with Crippen LogP contribution < -0.4 is 10.6 Å². The molecule has 56 valence electrons. The van der Waals surface area contributed by atoms with Crippen molar-refractivity contribution in [1.29, 1.82) is 0 Å². The zero-order valence-electron chi connectivity index (χ0n) is 5.51. The molecule has 0 aromatic carbocycles. The summed E-state index contributed by atoms with van der Waals surface area (Å²) in [6.45, 7) is 0.112. The Hall–Kier alpha value is -1.10. The van der Waals surface area contributed by atoms with Crippen molar-refractivity contribution in [3.8, 4) is 0 Å². The van der Waals surface area contributed by atoms with Gasteiger partial charge in [-0.15, -0.1) is 0 Å². The number of imide groups is 1. The van der Waals surface area contributed by atoms with E-state index in [1.807, 2.05) is 5.32 Å². The standard InChI is InChI=1S/C5H8N2O3/c1-6-3-2-10-5(9)7-4(3)8/h3,6H,2H2,1H3,(H,7,8,9). The Morgan fingerprint density at radius 2 is 2.40 bits per heavy atom. The first-order valence-corrected chi connectivity index (χ1v) is 2.89. The van der Waals surface area contributed by atoms with Crippen LogP contribution in [0.5, 0.6) is 0 Å². The van der Waals surface area contributed by atoms with Crippen LogP contribution in [-0.2, 0) is 9.53 Å². The van der Waals surface area contributed by atoms with Crippen LogP contribution in [0, 0.1) is 0 Å². The summed E-state index contributed by atoms with van der Waals surface area (Å²) >= 11 is 0. The Kier molecular flexibility index (Phi) is 1.86. The zero-order chi connectivity index (χ0) is 7.56. The summed E-state index contributed by atoms with van der Waals surface area (Å²) in [5, 5.41) is 4.70. The van der Waals surface area contributed by atoms with Gasteiger partial charge < -0.3 is 10.1 Å². The molecule has 5 nitrogen and oxygen atoms in total. The largest absolute Gasteiger partial charge is 0.447 e. The van der Waals surface area contributed by atoms with E-state index in [9.17, 15) is 9.59 Å². The van der Waals surface area contributed by atoms with Gasteiger partial charge in [0.2, 0.25) is 5.91 Å². The number of hydrogen-bond donors (Lipinski definition) is 2. The summed E-state index contributed by atoms with van der Waals surface area (Å²) in [5.74, 6) is -0.334. The van der Waals surface area contributed by atoms with Gasteiger partial charge in [0.1, 0.15) is 12.6 Å². The molecule has 0 aromatic heterocycles. The van der Waals surface area contributed by atoms with E-state index in [2.05, 4.69) is 10.1 Å². The van der Waals surface area contributed by atoms with Crippen molar-refractivity contribution in [1.82, 2.24) is 10.6 Å². The van der Waals surface area contributed by atoms with Gasteiger partial charge in [0.05, 0.1) is 0 Å². The zero-order valence-corrected chi connectivity index (χ0v) is 5.51. The van der Waals surface area contributed by atoms with Crippen molar-refractivity contribution in [2.45, 2.75) is 6.04 Å². The van der Waals surface area contributed by atoms with Crippen LogP contribution in [0.25, 0.3) is 0 Å². The normalized spacial score (nSPS) is 25.5. The van der Waals surface area contributed by atoms with Crippen molar-refractivity contribution in [2.75, 3.05) is 13.7 Å². The third-order valence-corrected chi connectivity index (χ3v) is 1.27. The maximum Gasteiger partial charge on any atom is 0.413 e. The molecular weight excluding hydrogens is 136 g/mol. The molecule has 1 heterocycles. The van der Waals surface area contributed by atoms with Crippen LogP contribution in [0.3, 0.4) is 0 Å². The van der Waals surface area contributed by atoms with Crippen molar-refractivity contribution in [3.05, 3.63) is 0 Å². The number of ether oxygens (including phenoxy) is 1. The minimum Gasteiger partial charge on any atom is -0.447 e. The van der Waals surface area contributed by atoms with Crippen molar-refractivity contribution < 1.29 is 14.3 Å². The number of nitrogens with one attached hydrogen (secondary N) is 2. The molecule has 5 heteroatoms. The van der Waals surface area contributed by atoms with Gasteiger partial charge in [-0.25, -0.2) is 4.79 Å². The molecule has 0 aliphatic carbocycles. The van der Waals surface area contributed by atoms with E-state index in [-0.39, 0.29) is 12.5 Å². The number of likely N-dealkylation sites (N-methyl/N-ethyl adjacent to an activating group) is 1. The van der Waals surface area contributed by atoms with Gasteiger partial charge in [-0.05, 0) is 7.05 Å². The molecule has 0 radical (unpaired) electrons. The lowest BCUT2D eigenvalue weighted by atomic mass is 10.3. The monoisotopic (exact) mass is 144 g/mol. The topological polar surface area (TPSA) is 67.4 Å². The lowest BCUT2D eigenvalue weighted by Crippen LogP contribution is -2.53. The fraction of sp³-hybridized carbons (Fsp3) is 0.600. The van der Waals surface area contributed by atoms with Crippen LogP contribution in [-0.4, -0.2) is 31.7 Å². The second-order valence-electron chi connectivity index (χ2n) is 1.93. The lowest BCUT2D eigenvalue weighted by molar-refractivity contribution is -0.125. The number of amides is 2. The molecule has 0 aromatic rings. The maximum atomic E-state index is 10.8. The quantitative estimate of drug-likeness (QED) is 0.487. The Bertz CT molecular complexity index is 168. The molecular formula is C5H8N2O3. The molecule has 1 fully saturated rings. The van der Waals surface area contributed by atoms with E-state index in [1.165, 1.54) is 0 Å². The Balaban J connectivity index is 2.51. The first-order valence-electron chi connectivity index (χ1n) is 2.89. The summed E-state index contributed by atoms with van der Waals surface area (Å²) in [4.78, 5) is 21.1. The third kappa shape index (κ3) is 1.24. The fourth-order valence-electron chi connectivity index (χ4n) is 0.673. The number of hydrogen-bond acceptors (Lipinski definition) is 4. The minimum atomic E-state index is -0.670. The van der Waals surface area contributed by atoms with Gasteiger partial charge in [-0.1, -0.05) is 0 Å². The number of cyclic esters (lactones) is 1. The second kappa shape index (κ2) is 2.66. The van der Waals surface area contributed by atoms with E-state index < -0.39 is 12.1 Å². The highest BCUT2D eigenvalue weighted by atomic mass is 16.6. The molecule has 1 atom stereocenters. The smallest absolute Gasteiger partial charge is 0.413 e. The van der Waals surface area contributed by atoms with Gasteiger partial charge in [-0.3, -0.25) is 10.1 Å². The first kappa shape index (κ1) is 7.01. The van der Waals surface area contributed by atoms with Crippen molar-refractivity contribution in [3.63, 3.8) is 0 Å². The molecule has 1 aliphatic rings. The van der Waals surface area contributed by atoms with Crippen molar-refractivity contribution in [2.24, 2.45) is 0 Å². The van der Waals surface area contributed by atoms with Crippen LogP contribution in [0.2, 0.25) is 0 Å². The highest BCUT2D eigenvalue weighted by Gasteiger charge is 2.25. The van der Waals surface area contributed by atoms with Crippen LogP contribution in [0.1, 0.15) is 0 Å². The average molecular weight is 144 g/mol. The minimum absolute atomic E-state index is 0.112. The molecule has 2 N–H and O–H groups in total. The van der Waals surface area contributed by atoms with Gasteiger partial charge in [0.15, 0.2) is 0 Å². The Morgan fingerprint density at radius 3 is 2.90 bits per heavy atom. The van der Waals surface area contributed by atoms with E-state index in [1.54, 1.807) is 7.05 Å². The van der Waals surface area contributed by atoms with Gasteiger partial charge >= 0.3 is 6.09 Å². The number of carbonyl (C=O) groups is 2. The number of carbonyl (C=O) groups excluding carboxylic acids is 2.